The fourth-order valence-corrected chi connectivity index (χ4v) is 2.32. The zero-order valence-corrected chi connectivity index (χ0v) is 14.2. The van der Waals surface area contributed by atoms with Gasteiger partial charge in [0.15, 0.2) is 0 Å². The van der Waals surface area contributed by atoms with E-state index in [-0.39, 0.29) is 11.6 Å². The smallest absolute Gasteiger partial charge is 0.418 e. The van der Waals surface area contributed by atoms with Crippen LogP contribution in [0, 0.1) is 0 Å². The van der Waals surface area contributed by atoms with Crippen molar-refractivity contribution in [3.63, 3.8) is 0 Å². The van der Waals surface area contributed by atoms with E-state index in [0.717, 1.165) is 6.07 Å². The maximum Gasteiger partial charge on any atom is 0.418 e. The average molecular weight is 387 g/mol. The molecule has 138 valence electrons. The van der Waals surface area contributed by atoms with Crippen molar-refractivity contribution in [2.24, 2.45) is 0 Å². The Morgan fingerprint density at radius 2 is 1.81 bits per heavy atom. The maximum atomic E-state index is 13.0. The third-order valence-electron chi connectivity index (χ3n) is 3.37. The van der Waals surface area contributed by atoms with E-state index in [1.165, 1.54) is 13.2 Å². The SMILES string of the molecule is COc1ccccc1CNC(=O)C(=O)Nc1ccc(Cl)cc1C(F)(F)F. The molecule has 2 rings (SSSR count). The summed E-state index contributed by atoms with van der Waals surface area (Å²) in [5, 5.41) is 4.13. The first kappa shape index (κ1) is 19.6. The summed E-state index contributed by atoms with van der Waals surface area (Å²) >= 11 is 5.56. The molecule has 9 heteroatoms. The molecule has 2 aromatic carbocycles. The van der Waals surface area contributed by atoms with E-state index in [2.05, 4.69) is 5.32 Å². The number of hydrogen-bond acceptors (Lipinski definition) is 3. The van der Waals surface area contributed by atoms with E-state index in [9.17, 15) is 22.8 Å². The molecule has 0 aliphatic rings. The third kappa shape index (κ3) is 4.89. The van der Waals surface area contributed by atoms with E-state index >= 15 is 0 Å². The predicted octanol–water partition coefficient (Wildman–Crippen LogP) is 3.62. The number of para-hydroxylation sites is 1. The highest BCUT2D eigenvalue weighted by Crippen LogP contribution is 2.36. The van der Waals surface area contributed by atoms with Gasteiger partial charge in [-0.25, -0.2) is 0 Å². The van der Waals surface area contributed by atoms with Crippen LogP contribution >= 0.6 is 11.6 Å². The van der Waals surface area contributed by atoms with Gasteiger partial charge in [0.25, 0.3) is 0 Å². The van der Waals surface area contributed by atoms with Crippen molar-refractivity contribution >= 4 is 29.1 Å². The first-order valence-electron chi connectivity index (χ1n) is 7.30. The number of rotatable bonds is 4. The van der Waals surface area contributed by atoms with Gasteiger partial charge in [-0.3, -0.25) is 9.59 Å². The molecule has 0 atom stereocenters. The van der Waals surface area contributed by atoms with Crippen LogP contribution in [0.25, 0.3) is 0 Å². The molecule has 0 unspecified atom stereocenters. The van der Waals surface area contributed by atoms with Crippen LogP contribution in [0.3, 0.4) is 0 Å². The van der Waals surface area contributed by atoms with Crippen LogP contribution in [0.4, 0.5) is 18.9 Å². The fraction of sp³-hybridized carbons (Fsp3) is 0.176. The van der Waals surface area contributed by atoms with Gasteiger partial charge in [-0.15, -0.1) is 0 Å². The van der Waals surface area contributed by atoms with Gasteiger partial charge in [0.1, 0.15) is 5.75 Å². The summed E-state index contributed by atoms with van der Waals surface area (Å²) in [5.74, 6) is -1.81. The van der Waals surface area contributed by atoms with E-state index < -0.39 is 29.2 Å². The molecule has 0 fully saturated rings. The summed E-state index contributed by atoms with van der Waals surface area (Å²) in [6.07, 6.45) is -4.73. The van der Waals surface area contributed by atoms with Crippen LogP contribution in [0.5, 0.6) is 5.75 Å². The lowest BCUT2D eigenvalue weighted by Crippen LogP contribution is -2.35. The number of amides is 2. The Morgan fingerprint density at radius 1 is 1.12 bits per heavy atom. The van der Waals surface area contributed by atoms with Crippen molar-refractivity contribution in [1.29, 1.82) is 0 Å². The molecule has 0 saturated carbocycles. The van der Waals surface area contributed by atoms with Crippen molar-refractivity contribution < 1.29 is 27.5 Å². The number of methoxy groups -OCH3 is 1. The first-order valence-corrected chi connectivity index (χ1v) is 7.68. The molecule has 0 aliphatic carbocycles. The predicted molar refractivity (Wildman–Crippen MR) is 89.9 cm³/mol. The van der Waals surface area contributed by atoms with E-state index in [1.807, 2.05) is 5.32 Å². The molecule has 2 amide bonds. The summed E-state index contributed by atoms with van der Waals surface area (Å²) < 4.78 is 44.1. The van der Waals surface area contributed by atoms with E-state index in [1.54, 1.807) is 24.3 Å². The van der Waals surface area contributed by atoms with Crippen molar-refractivity contribution in [1.82, 2.24) is 5.32 Å². The van der Waals surface area contributed by atoms with E-state index in [0.29, 0.717) is 17.4 Å². The van der Waals surface area contributed by atoms with Gasteiger partial charge >= 0.3 is 18.0 Å². The molecular formula is C17H14ClF3N2O3. The number of halogens is 4. The number of carbonyl (C=O) groups is 2. The quantitative estimate of drug-likeness (QED) is 0.789. The largest absolute Gasteiger partial charge is 0.496 e. The second-order valence-corrected chi connectivity index (χ2v) is 5.57. The first-order chi connectivity index (χ1) is 12.2. The second-order valence-electron chi connectivity index (χ2n) is 5.14. The standard InChI is InChI=1S/C17H14ClF3N2O3/c1-26-14-5-3-2-4-10(14)9-22-15(24)16(25)23-13-7-6-11(18)8-12(13)17(19,20)21/h2-8H,9H2,1H3,(H,22,24)(H,23,25). The second kappa shape index (κ2) is 8.09. The molecule has 0 bridgehead atoms. The molecule has 0 saturated heterocycles. The number of hydrogen-bond donors (Lipinski definition) is 2. The molecular weight excluding hydrogens is 373 g/mol. The van der Waals surface area contributed by atoms with Crippen LogP contribution in [0.2, 0.25) is 5.02 Å². The lowest BCUT2D eigenvalue weighted by molar-refractivity contribution is -0.138. The molecule has 5 nitrogen and oxygen atoms in total. The highest BCUT2D eigenvalue weighted by molar-refractivity contribution is 6.39. The fourth-order valence-electron chi connectivity index (χ4n) is 2.14. The van der Waals surface area contributed by atoms with Gasteiger partial charge in [0, 0.05) is 17.1 Å². The minimum atomic E-state index is -4.73. The third-order valence-corrected chi connectivity index (χ3v) is 3.61. The maximum absolute atomic E-state index is 13.0. The molecule has 0 spiro atoms. The summed E-state index contributed by atoms with van der Waals surface area (Å²) in [7, 11) is 1.45. The zero-order chi connectivity index (χ0) is 19.3. The molecule has 2 N–H and O–H groups in total. The van der Waals surface area contributed by atoms with Gasteiger partial charge in [-0.1, -0.05) is 29.8 Å². The average Bonchev–Trinajstić information content (AvgIpc) is 2.60. The summed E-state index contributed by atoms with van der Waals surface area (Å²) in [5.41, 5.74) is -1.09. The van der Waals surface area contributed by atoms with Gasteiger partial charge in [0.2, 0.25) is 0 Å². The summed E-state index contributed by atoms with van der Waals surface area (Å²) in [6, 6.07) is 9.63. The van der Waals surface area contributed by atoms with Crippen LogP contribution in [-0.2, 0) is 22.3 Å². The monoisotopic (exact) mass is 386 g/mol. The number of nitrogens with one attached hydrogen (secondary N) is 2. The number of anilines is 1. The molecule has 0 aliphatic heterocycles. The van der Waals surface area contributed by atoms with E-state index in [4.69, 9.17) is 16.3 Å². The van der Waals surface area contributed by atoms with Crippen molar-refractivity contribution in [3.8, 4) is 5.75 Å². The highest BCUT2D eigenvalue weighted by Gasteiger charge is 2.34. The molecule has 0 radical (unpaired) electrons. The van der Waals surface area contributed by atoms with Gasteiger partial charge < -0.3 is 15.4 Å². The number of benzene rings is 2. The Bertz CT molecular complexity index is 825. The molecule has 26 heavy (non-hydrogen) atoms. The van der Waals surface area contributed by atoms with Gasteiger partial charge in [-0.2, -0.15) is 13.2 Å². The lowest BCUT2D eigenvalue weighted by atomic mass is 10.1. The molecule has 0 heterocycles. The number of alkyl halides is 3. The van der Waals surface area contributed by atoms with Crippen LogP contribution in [0.15, 0.2) is 42.5 Å². The van der Waals surface area contributed by atoms with Crippen LogP contribution in [0.1, 0.15) is 11.1 Å². The Balaban J connectivity index is 2.07. The Morgan fingerprint density at radius 3 is 2.46 bits per heavy atom. The number of ether oxygens (including phenoxy) is 1. The van der Waals surface area contributed by atoms with Crippen molar-refractivity contribution in [2.75, 3.05) is 12.4 Å². The van der Waals surface area contributed by atoms with Crippen molar-refractivity contribution in [3.05, 3.63) is 58.6 Å². The lowest BCUT2D eigenvalue weighted by Gasteiger charge is -2.14. The minimum absolute atomic E-state index is 0.0248. The zero-order valence-electron chi connectivity index (χ0n) is 13.5. The normalized spacial score (nSPS) is 11.0. The van der Waals surface area contributed by atoms with Gasteiger partial charge in [0.05, 0.1) is 18.4 Å². The molecule has 0 aromatic heterocycles. The Hall–Kier alpha value is -2.74. The molecule has 2 aromatic rings. The minimum Gasteiger partial charge on any atom is -0.496 e. The summed E-state index contributed by atoms with van der Waals surface area (Å²) in [4.78, 5) is 23.8. The Kier molecular flexibility index (Phi) is 6.10. The van der Waals surface area contributed by atoms with Gasteiger partial charge in [-0.05, 0) is 24.3 Å². The number of carbonyl (C=O) groups excluding carboxylic acids is 2. The topological polar surface area (TPSA) is 67.4 Å². The van der Waals surface area contributed by atoms with Crippen molar-refractivity contribution in [2.45, 2.75) is 12.7 Å². The Labute approximate surface area is 152 Å². The summed E-state index contributed by atoms with van der Waals surface area (Å²) in [6.45, 7) is -0.0248. The highest BCUT2D eigenvalue weighted by atomic mass is 35.5. The van der Waals surface area contributed by atoms with Crippen LogP contribution < -0.4 is 15.4 Å². The van der Waals surface area contributed by atoms with Crippen LogP contribution in [-0.4, -0.2) is 18.9 Å².